The zero-order valence-electron chi connectivity index (χ0n) is 13.3. The van der Waals surface area contributed by atoms with Crippen LogP contribution in [0.1, 0.15) is 41.9 Å². The van der Waals surface area contributed by atoms with E-state index < -0.39 is 0 Å². The Labute approximate surface area is 141 Å². The molecule has 0 spiro atoms. The van der Waals surface area contributed by atoms with Crippen molar-refractivity contribution in [1.29, 1.82) is 0 Å². The lowest BCUT2D eigenvalue weighted by atomic mass is 9.99. The van der Waals surface area contributed by atoms with Crippen molar-refractivity contribution in [3.8, 4) is 0 Å². The number of benzene rings is 1. The van der Waals surface area contributed by atoms with Gasteiger partial charge in [-0.2, -0.15) is 5.10 Å². The zero-order valence-corrected chi connectivity index (χ0v) is 15.4. The van der Waals surface area contributed by atoms with Gasteiger partial charge in [0.2, 0.25) is 0 Å². The minimum Gasteiger partial charge on any atom is -0.310 e. The Morgan fingerprint density at radius 3 is 2.71 bits per heavy atom. The first-order valence-electron chi connectivity index (χ1n) is 7.50. The number of hydrogen-bond donors (Lipinski definition) is 1. The van der Waals surface area contributed by atoms with E-state index in [-0.39, 0.29) is 0 Å². The maximum absolute atomic E-state index is 4.47. The molecule has 0 aliphatic carbocycles. The third-order valence-electron chi connectivity index (χ3n) is 3.75. The Morgan fingerprint density at radius 2 is 2.10 bits per heavy atom. The first-order chi connectivity index (χ1) is 10.0. The second-order valence-electron chi connectivity index (χ2n) is 5.59. The van der Waals surface area contributed by atoms with E-state index in [0.29, 0.717) is 6.04 Å². The molecule has 1 atom stereocenters. The lowest BCUT2D eigenvalue weighted by Gasteiger charge is -2.21. The highest BCUT2D eigenvalue weighted by Crippen LogP contribution is 2.26. The van der Waals surface area contributed by atoms with Crippen LogP contribution in [0.3, 0.4) is 0 Å². The average Bonchev–Trinajstić information content (AvgIpc) is 2.76. The van der Waals surface area contributed by atoms with Crippen LogP contribution in [-0.2, 0) is 13.5 Å². The fourth-order valence-corrected chi connectivity index (χ4v) is 3.35. The monoisotopic (exact) mass is 397 g/mol. The summed E-state index contributed by atoms with van der Waals surface area (Å²) in [5, 5.41) is 8.16. The Balaban J connectivity index is 2.29. The summed E-state index contributed by atoms with van der Waals surface area (Å²) in [6.45, 7) is 7.47. The summed E-state index contributed by atoms with van der Waals surface area (Å²) in [6, 6.07) is 9.10. The van der Waals surface area contributed by atoms with Gasteiger partial charge >= 0.3 is 0 Å². The van der Waals surface area contributed by atoms with Gasteiger partial charge in [0.05, 0.1) is 5.69 Å². The van der Waals surface area contributed by atoms with Crippen molar-refractivity contribution in [2.45, 2.75) is 39.7 Å². The Kier molecular flexibility index (Phi) is 5.81. The largest absolute Gasteiger partial charge is 0.310 e. The van der Waals surface area contributed by atoms with E-state index in [1.54, 1.807) is 0 Å². The van der Waals surface area contributed by atoms with Crippen molar-refractivity contribution in [2.75, 3.05) is 6.54 Å². The van der Waals surface area contributed by atoms with Gasteiger partial charge in [-0.25, -0.2) is 0 Å². The van der Waals surface area contributed by atoms with E-state index in [1.807, 2.05) is 11.7 Å². The van der Waals surface area contributed by atoms with Crippen molar-refractivity contribution in [2.24, 2.45) is 7.05 Å². The van der Waals surface area contributed by atoms with Gasteiger partial charge in [-0.1, -0.05) is 25.1 Å². The number of halogens is 1. The first kappa shape index (κ1) is 16.5. The molecule has 1 heterocycles. The molecule has 2 rings (SSSR count). The molecule has 1 aromatic heterocycles. The first-order valence-corrected chi connectivity index (χ1v) is 8.58. The molecule has 1 aromatic carbocycles. The molecule has 0 aliphatic rings. The van der Waals surface area contributed by atoms with Gasteiger partial charge in [-0.15, -0.1) is 0 Å². The van der Waals surface area contributed by atoms with Crippen molar-refractivity contribution >= 4 is 22.6 Å². The summed E-state index contributed by atoms with van der Waals surface area (Å²) in [6.07, 6.45) is 2.11. The summed E-state index contributed by atoms with van der Waals surface area (Å²) in [5.41, 5.74) is 5.10. The lowest BCUT2D eigenvalue weighted by molar-refractivity contribution is 0.510. The molecular formula is C17H24IN3. The molecule has 1 N–H and O–H groups in total. The molecule has 4 heteroatoms. The molecule has 0 bridgehead atoms. The van der Waals surface area contributed by atoms with Crippen LogP contribution in [0.5, 0.6) is 0 Å². The fourth-order valence-electron chi connectivity index (χ4n) is 2.61. The number of hydrogen-bond acceptors (Lipinski definition) is 2. The summed E-state index contributed by atoms with van der Waals surface area (Å²) < 4.78 is 3.36. The second-order valence-corrected chi connectivity index (χ2v) is 6.67. The molecule has 3 nitrogen and oxygen atoms in total. The molecule has 114 valence electrons. The summed E-state index contributed by atoms with van der Waals surface area (Å²) in [4.78, 5) is 0. The molecule has 21 heavy (non-hydrogen) atoms. The Morgan fingerprint density at radius 1 is 1.33 bits per heavy atom. The van der Waals surface area contributed by atoms with Crippen LogP contribution >= 0.6 is 22.6 Å². The van der Waals surface area contributed by atoms with Gasteiger partial charge in [-0.3, -0.25) is 4.68 Å². The van der Waals surface area contributed by atoms with E-state index in [2.05, 4.69) is 78.0 Å². The number of aryl methyl sites for hydroxylation is 3. The number of aromatic nitrogens is 2. The van der Waals surface area contributed by atoms with E-state index in [0.717, 1.165) is 25.1 Å². The van der Waals surface area contributed by atoms with Crippen LogP contribution in [0, 0.1) is 17.4 Å². The van der Waals surface area contributed by atoms with Gasteiger partial charge in [0, 0.05) is 28.8 Å². The van der Waals surface area contributed by atoms with Gasteiger partial charge in [-0.05, 0) is 66.6 Å². The van der Waals surface area contributed by atoms with Crippen molar-refractivity contribution in [3.05, 3.63) is 50.4 Å². The maximum atomic E-state index is 4.47. The molecule has 2 aromatic rings. The highest BCUT2D eigenvalue weighted by Gasteiger charge is 2.17. The molecule has 0 saturated carbocycles. The van der Waals surface area contributed by atoms with Gasteiger partial charge < -0.3 is 5.32 Å². The van der Waals surface area contributed by atoms with Crippen molar-refractivity contribution in [3.63, 3.8) is 0 Å². The van der Waals surface area contributed by atoms with E-state index >= 15 is 0 Å². The highest BCUT2D eigenvalue weighted by atomic mass is 127. The predicted molar refractivity (Wildman–Crippen MR) is 96.6 cm³/mol. The molecule has 0 saturated heterocycles. The fraction of sp³-hybridized carbons (Fsp3) is 0.471. The number of nitrogens with zero attached hydrogens (tertiary/aromatic N) is 2. The van der Waals surface area contributed by atoms with Gasteiger partial charge in [0.1, 0.15) is 0 Å². The molecule has 1 unspecified atom stereocenters. The molecule has 0 fully saturated rings. The average molecular weight is 397 g/mol. The minimum atomic E-state index is 0.339. The quantitative estimate of drug-likeness (QED) is 0.749. The van der Waals surface area contributed by atoms with Gasteiger partial charge in [0.15, 0.2) is 0 Å². The van der Waals surface area contributed by atoms with Crippen LogP contribution in [0.2, 0.25) is 0 Å². The van der Waals surface area contributed by atoms with Crippen LogP contribution in [0.15, 0.2) is 24.3 Å². The van der Waals surface area contributed by atoms with Crippen LogP contribution in [-0.4, -0.2) is 16.3 Å². The normalized spacial score (nSPS) is 12.6. The molecule has 0 aliphatic heterocycles. The van der Waals surface area contributed by atoms with Crippen LogP contribution in [0.4, 0.5) is 0 Å². The molecule has 0 amide bonds. The van der Waals surface area contributed by atoms with E-state index in [1.165, 1.54) is 20.4 Å². The maximum Gasteiger partial charge on any atom is 0.0596 e. The molecular weight excluding hydrogens is 373 g/mol. The summed E-state index contributed by atoms with van der Waals surface area (Å²) in [5.74, 6) is 0. The van der Waals surface area contributed by atoms with Crippen LogP contribution < -0.4 is 5.32 Å². The lowest BCUT2D eigenvalue weighted by Crippen LogP contribution is -2.26. The Hall–Kier alpha value is -0.880. The van der Waals surface area contributed by atoms with E-state index in [9.17, 15) is 0 Å². The standard InChI is InChI=1S/C17H24IN3/c1-5-9-19-16(11-14-10-13(3)20-21(14)4)15-8-6-7-12(2)17(15)18/h6-8,10,16,19H,5,9,11H2,1-4H3. The third-order valence-corrected chi connectivity index (χ3v) is 5.22. The van der Waals surface area contributed by atoms with Gasteiger partial charge in [0.25, 0.3) is 0 Å². The number of rotatable bonds is 6. The minimum absolute atomic E-state index is 0.339. The van der Waals surface area contributed by atoms with Crippen molar-refractivity contribution in [1.82, 2.24) is 15.1 Å². The third kappa shape index (κ3) is 4.07. The Bertz CT molecular complexity index is 604. The van der Waals surface area contributed by atoms with Crippen LogP contribution in [0.25, 0.3) is 0 Å². The predicted octanol–water partition coefficient (Wildman–Crippen LogP) is 3.92. The number of nitrogens with one attached hydrogen (secondary N) is 1. The summed E-state index contributed by atoms with van der Waals surface area (Å²) >= 11 is 2.47. The highest BCUT2D eigenvalue weighted by molar-refractivity contribution is 14.1. The topological polar surface area (TPSA) is 29.9 Å². The smallest absolute Gasteiger partial charge is 0.0596 e. The van der Waals surface area contributed by atoms with Crippen molar-refractivity contribution < 1.29 is 0 Å². The summed E-state index contributed by atoms with van der Waals surface area (Å²) in [7, 11) is 2.03. The molecule has 0 radical (unpaired) electrons. The van der Waals surface area contributed by atoms with E-state index in [4.69, 9.17) is 0 Å². The SMILES string of the molecule is CCCNC(Cc1cc(C)nn1C)c1cccc(C)c1I. The zero-order chi connectivity index (χ0) is 15.4. The second kappa shape index (κ2) is 7.40.